The number of halogens is 3. The first-order valence-corrected chi connectivity index (χ1v) is 10.4. The average Bonchev–Trinajstić information content (AvgIpc) is 3.25. The molecule has 1 fully saturated rings. The highest BCUT2D eigenvalue weighted by Crippen LogP contribution is 2.47. The Hall–Kier alpha value is -3.15. The first kappa shape index (κ1) is 23.0. The van der Waals surface area contributed by atoms with Crippen LogP contribution >= 0.6 is 0 Å². The number of benzene rings is 1. The number of carbonyl (C=O) groups excluding carboxylic acids is 1. The van der Waals surface area contributed by atoms with E-state index in [-0.39, 0.29) is 17.8 Å². The smallest absolute Gasteiger partial charge is 0.410 e. The maximum absolute atomic E-state index is 14.0. The predicted octanol–water partition coefficient (Wildman–Crippen LogP) is 3.04. The van der Waals surface area contributed by atoms with E-state index in [2.05, 4.69) is 10.4 Å². The lowest BCUT2D eigenvalue weighted by molar-refractivity contribution is -0.173. The Morgan fingerprint density at radius 2 is 1.76 bits per heavy atom. The molecule has 1 amide bonds. The van der Waals surface area contributed by atoms with Gasteiger partial charge in [-0.2, -0.15) is 18.3 Å². The fourth-order valence-corrected chi connectivity index (χ4v) is 4.18. The number of fused-ring (bicyclic) bond motifs is 1. The lowest BCUT2D eigenvalue weighted by Gasteiger charge is -2.35. The van der Waals surface area contributed by atoms with E-state index < -0.39 is 24.2 Å². The Balaban J connectivity index is 1.75. The monoisotopic (exact) mass is 470 g/mol. The molecular formula is C21H25F3N4O5. The molecule has 2 aromatic rings. The molecule has 0 aliphatic carbocycles. The van der Waals surface area contributed by atoms with Gasteiger partial charge in [-0.05, 0) is 17.7 Å². The number of hydrogen-bond donors (Lipinski definition) is 1. The third kappa shape index (κ3) is 4.26. The molecule has 9 nitrogen and oxygen atoms in total. The van der Waals surface area contributed by atoms with Gasteiger partial charge in [0.05, 0.1) is 46.8 Å². The van der Waals surface area contributed by atoms with Crippen molar-refractivity contribution in [3.8, 4) is 17.2 Å². The summed E-state index contributed by atoms with van der Waals surface area (Å²) in [4.78, 5) is 14.6. The second-order valence-electron chi connectivity index (χ2n) is 7.70. The molecule has 0 unspecified atom stereocenters. The van der Waals surface area contributed by atoms with Crippen LogP contribution in [0.15, 0.2) is 18.3 Å². The maximum atomic E-state index is 14.0. The van der Waals surface area contributed by atoms with Crippen LogP contribution in [-0.2, 0) is 4.74 Å². The van der Waals surface area contributed by atoms with Gasteiger partial charge >= 0.3 is 6.18 Å². The fourth-order valence-electron chi connectivity index (χ4n) is 4.18. The minimum absolute atomic E-state index is 0.0267. The van der Waals surface area contributed by atoms with E-state index in [1.54, 1.807) is 17.0 Å². The number of nitrogens with one attached hydrogen (secondary N) is 1. The van der Waals surface area contributed by atoms with E-state index in [9.17, 15) is 18.0 Å². The fraction of sp³-hybridized carbons (Fsp3) is 0.524. The van der Waals surface area contributed by atoms with Gasteiger partial charge in [0.25, 0.3) is 5.91 Å². The summed E-state index contributed by atoms with van der Waals surface area (Å²) >= 11 is 0. The molecule has 2 aliphatic rings. The van der Waals surface area contributed by atoms with E-state index >= 15 is 0 Å². The van der Waals surface area contributed by atoms with Crippen LogP contribution in [0.2, 0.25) is 0 Å². The molecule has 180 valence electrons. The molecule has 0 saturated carbocycles. The number of aromatic nitrogens is 2. The van der Waals surface area contributed by atoms with Crippen molar-refractivity contribution in [1.29, 1.82) is 0 Å². The van der Waals surface area contributed by atoms with Crippen LogP contribution in [-0.4, -0.2) is 74.4 Å². The molecule has 2 aliphatic heterocycles. The third-order valence-electron chi connectivity index (χ3n) is 5.86. The summed E-state index contributed by atoms with van der Waals surface area (Å²) in [7, 11) is 4.31. The van der Waals surface area contributed by atoms with Crippen LogP contribution < -0.4 is 19.5 Å². The lowest BCUT2D eigenvalue weighted by Crippen LogP contribution is -2.41. The topological polar surface area (TPSA) is 87.1 Å². The minimum atomic E-state index is -4.57. The number of ether oxygens (including phenoxy) is 4. The van der Waals surface area contributed by atoms with Crippen LogP contribution in [0.1, 0.15) is 34.4 Å². The van der Waals surface area contributed by atoms with Gasteiger partial charge in [-0.15, -0.1) is 0 Å². The van der Waals surface area contributed by atoms with Crippen LogP contribution in [0.25, 0.3) is 0 Å². The zero-order chi connectivity index (χ0) is 23.8. The Kier molecular flexibility index (Phi) is 6.28. The van der Waals surface area contributed by atoms with E-state index in [1.807, 2.05) is 0 Å². The predicted molar refractivity (Wildman–Crippen MR) is 111 cm³/mol. The van der Waals surface area contributed by atoms with Gasteiger partial charge in [0.2, 0.25) is 5.75 Å². The Morgan fingerprint density at radius 1 is 1.12 bits per heavy atom. The van der Waals surface area contributed by atoms with Crippen molar-refractivity contribution >= 4 is 11.7 Å². The molecule has 0 radical (unpaired) electrons. The minimum Gasteiger partial charge on any atom is -0.493 e. The molecule has 1 N–H and O–H groups in total. The first-order chi connectivity index (χ1) is 15.8. The molecule has 12 heteroatoms. The van der Waals surface area contributed by atoms with Crippen LogP contribution in [0, 0.1) is 0 Å². The van der Waals surface area contributed by atoms with Crippen molar-refractivity contribution in [2.45, 2.75) is 24.7 Å². The normalized spacial score (nSPS) is 20.6. The summed E-state index contributed by atoms with van der Waals surface area (Å²) < 4.78 is 64.2. The Bertz CT molecular complexity index is 995. The second-order valence-corrected chi connectivity index (χ2v) is 7.70. The number of rotatable bonds is 5. The number of morpholine rings is 1. The SMILES string of the molecule is COc1cc([C@H]2C[C@@H](C(F)(F)F)n3ncc(C(=O)N4CCOCC4)c3N2)cc(OC)c1OC. The van der Waals surface area contributed by atoms with Gasteiger partial charge in [-0.1, -0.05) is 0 Å². The van der Waals surface area contributed by atoms with E-state index in [4.69, 9.17) is 18.9 Å². The molecule has 0 spiro atoms. The number of methoxy groups -OCH3 is 3. The van der Waals surface area contributed by atoms with Crippen molar-refractivity contribution in [2.75, 3.05) is 52.9 Å². The molecule has 1 aromatic heterocycles. The number of carbonyl (C=O) groups is 1. The molecule has 33 heavy (non-hydrogen) atoms. The van der Waals surface area contributed by atoms with E-state index in [1.165, 1.54) is 27.5 Å². The molecule has 1 aromatic carbocycles. The van der Waals surface area contributed by atoms with Crippen molar-refractivity contribution in [2.24, 2.45) is 0 Å². The van der Waals surface area contributed by atoms with Crippen molar-refractivity contribution < 1.29 is 36.9 Å². The van der Waals surface area contributed by atoms with Gasteiger partial charge in [-0.25, -0.2) is 4.68 Å². The summed E-state index contributed by atoms with van der Waals surface area (Å²) in [5.74, 6) is 0.610. The number of hydrogen-bond acceptors (Lipinski definition) is 7. The summed E-state index contributed by atoms with van der Waals surface area (Å²) in [5, 5.41) is 7.02. The van der Waals surface area contributed by atoms with Crippen LogP contribution in [0.4, 0.5) is 19.0 Å². The zero-order valence-electron chi connectivity index (χ0n) is 18.4. The van der Waals surface area contributed by atoms with Crippen molar-refractivity contribution in [3.63, 3.8) is 0 Å². The number of alkyl halides is 3. The number of nitrogens with zero attached hydrogens (tertiary/aromatic N) is 3. The molecule has 2 atom stereocenters. The van der Waals surface area contributed by atoms with E-state index in [0.29, 0.717) is 49.1 Å². The zero-order valence-corrected chi connectivity index (χ0v) is 18.4. The average molecular weight is 470 g/mol. The number of amides is 1. The standard InChI is InChI=1S/C21H25F3N4O5/c1-30-15-8-12(9-16(31-2)18(15)32-3)14-10-17(21(22,23)24)28-19(26-14)13(11-25-28)20(29)27-4-6-33-7-5-27/h8-9,11,14,17,26H,4-7,10H2,1-3H3/t14-,17+/m1/s1. The summed E-state index contributed by atoms with van der Waals surface area (Å²) in [6.07, 6.45) is -3.71. The lowest BCUT2D eigenvalue weighted by atomic mass is 9.95. The second kappa shape index (κ2) is 9.00. The van der Waals surface area contributed by atoms with Crippen LogP contribution in [0.3, 0.4) is 0 Å². The maximum Gasteiger partial charge on any atom is 0.410 e. The quantitative estimate of drug-likeness (QED) is 0.719. The molecular weight excluding hydrogens is 445 g/mol. The Labute approximate surface area is 188 Å². The Morgan fingerprint density at radius 3 is 2.30 bits per heavy atom. The highest BCUT2D eigenvalue weighted by atomic mass is 19.4. The van der Waals surface area contributed by atoms with Gasteiger partial charge in [0.1, 0.15) is 11.4 Å². The first-order valence-electron chi connectivity index (χ1n) is 10.4. The van der Waals surface area contributed by atoms with Crippen molar-refractivity contribution in [3.05, 3.63) is 29.5 Å². The van der Waals surface area contributed by atoms with Gasteiger partial charge in [0.15, 0.2) is 17.5 Å². The highest BCUT2D eigenvalue weighted by molar-refractivity contribution is 5.99. The molecule has 1 saturated heterocycles. The molecule has 0 bridgehead atoms. The van der Waals surface area contributed by atoms with E-state index in [0.717, 1.165) is 4.68 Å². The van der Waals surface area contributed by atoms with Crippen molar-refractivity contribution in [1.82, 2.24) is 14.7 Å². The van der Waals surface area contributed by atoms with Gasteiger partial charge in [0, 0.05) is 19.5 Å². The summed E-state index contributed by atoms with van der Waals surface area (Å²) in [6.45, 7) is 1.48. The highest BCUT2D eigenvalue weighted by Gasteiger charge is 2.47. The van der Waals surface area contributed by atoms with Crippen LogP contribution in [0.5, 0.6) is 17.2 Å². The molecule has 3 heterocycles. The van der Waals surface area contributed by atoms with Gasteiger partial charge < -0.3 is 29.2 Å². The summed E-state index contributed by atoms with van der Waals surface area (Å²) in [5.41, 5.74) is 0.583. The largest absolute Gasteiger partial charge is 0.493 e. The molecule has 4 rings (SSSR count). The number of anilines is 1. The third-order valence-corrected chi connectivity index (χ3v) is 5.86. The van der Waals surface area contributed by atoms with Gasteiger partial charge in [-0.3, -0.25) is 4.79 Å². The summed E-state index contributed by atoms with van der Waals surface area (Å²) in [6, 6.07) is 0.499.